The van der Waals surface area contributed by atoms with E-state index in [4.69, 9.17) is 4.74 Å². The quantitative estimate of drug-likeness (QED) is 0.798. The number of aromatic nitrogens is 2. The van der Waals surface area contributed by atoms with Crippen LogP contribution in [0.5, 0.6) is 5.88 Å². The van der Waals surface area contributed by atoms with Gasteiger partial charge in [-0.25, -0.2) is 13.4 Å². The van der Waals surface area contributed by atoms with Crippen LogP contribution >= 0.6 is 0 Å². The first-order chi connectivity index (χ1) is 11.0. The molecule has 1 unspecified atom stereocenters. The molecule has 0 spiro atoms. The van der Waals surface area contributed by atoms with Crippen LogP contribution in [0, 0.1) is 13.8 Å². The van der Waals surface area contributed by atoms with Crippen molar-refractivity contribution in [3.8, 4) is 5.88 Å². The molecule has 136 valence electrons. The number of hydrogen-bond donors (Lipinski definition) is 0. The van der Waals surface area contributed by atoms with Crippen LogP contribution in [0.15, 0.2) is 6.07 Å². The van der Waals surface area contributed by atoms with Gasteiger partial charge in [0.25, 0.3) is 0 Å². The highest BCUT2D eigenvalue weighted by Gasteiger charge is 2.35. The Labute approximate surface area is 139 Å². The van der Waals surface area contributed by atoms with Crippen LogP contribution in [0.2, 0.25) is 0 Å². The van der Waals surface area contributed by atoms with Crippen molar-refractivity contribution in [2.24, 2.45) is 0 Å². The van der Waals surface area contributed by atoms with Crippen molar-refractivity contribution >= 4 is 10.0 Å². The molecule has 24 heavy (non-hydrogen) atoms. The van der Waals surface area contributed by atoms with Crippen LogP contribution in [-0.4, -0.2) is 53.8 Å². The molecule has 0 aliphatic carbocycles. The minimum Gasteiger partial charge on any atom is -0.473 e. The Morgan fingerprint density at radius 3 is 2.67 bits per heavy atom. The van der Waals surface area contributed by atoms with Gasteiger partial charge >= 0.3 is 6.18 Å². The Morgan fingerprint density at radius 1 is 1.33 bits per heavy atom. The summed E-state index contributed by atoms with van der Waals surface area (Å²) in [4.78, 5) is 8.26. The highest BCUT2D eigenvalue weighted by atomic mass is 32.2. The summed E-state index contributed by atoms with van der Waals surface area (Å²) < 4.78 is 67.8. The first-order valence-corrected chi connectivity index (χ1v) is 9.19. The normalized spacial score (nSPS) is 20.1. The second-order valence-electron chi connectivity index (χ2n) is 5.82. The molecule has 1 atom stereocenters. The van der Waals surface area contributed by atoms with Crippen molar-refractivity contribution in [2.45, 2.75) is 45.4 Å². The molecule has 1 aromatic rings. The molecule has 1 aromatic heterocycles. The van der Waals surface area contributed by atoms with E-state index in [0.717, 1.165) is 10.00 Å². The number of alkyl halides is 3. The van der Waals surface area contributed by atoms with Gasteiger partial charge in [-0.3, -0.25) is 0 Å². The average Bonchev–Trinajstić information content (AvgIpc) is 2.44. The van der Waals surface area contributed by atoms with Crippen molar-refractivity contribution in [1.82, 2.24) is 14.3 Å². The summed E-state index contributed by atoms with van der Waals surface area (Å²) in [6, 6.07) is 1.64. The van der Waals surface area contributed by atoms with Gasteiger partial charge in [0.15, 0.2) is 0 Å². The minimum atomic E-state index is -4.49. The Bertz CT molecular complexity index is 659. The minimum absolute atomic E-state index is 0.0300. The molecular formula is C14H20F3N3O3S. The average molecular weight is 367 g/mol. The fraction of sp³-hybridized carbons (Fsp3) is 0.714. The summed E-state index contributed by atoms with van der Waals surface area (Å²) in [5.74, 6) is -0.0513. The maximum absolute atomic E-state index is 12.3. The fourth-order valence-electron chi connectivity index (χ4n) is 2.54. The summed E-state index contributed by atoms with van der Waals surface area (Å²) in [5, 5.41) is 0. The van der Waals surface area contributed by atoms with Gasteiger partial charge < -0.3 is 4.74 Å². The van der Waals surface area contributed by atoms with Gasteiger partial charge in [0.05, 0.1) is 18.7 Å². The molecule has 0 radical (unpaired) electrons. The zero-order valence-corrected chi connectivity index (χ0v) is 14.3. The maximum atomic E-state index is 12.3. The summed E-state index contributed by atoms with van der Waals surface area (Å²) in [5.41, 5.74) is 0.725. The summed E-state index contributed by atoms with van der Waals surface area (Å²) >= 11 is 0. The molecule has 0 saturated carbocycles. The van der Waals surface area contributed by atoms with Crippen molar-refractivity contribution in [1.29, 1.82) is 0 Å². The molecule has 0 N–H and O–H groups in total. The number of sulfonamides is 1. The third kappa shape index (κ3) is 5.59. The number of nitrogens with zero attached hydrogens (tertiary/aromatic N) is 3. The number of hydrogen-bond acceptors (Lipinski definition) is 5. The maximum Gasteiger partial charge on any atom is 0.390 e. The zero-order chi connectivity index (χ0) is 18.0. The van der Waals surface area contributed by atoms with E-state index >= 15 is 0 Å². The molecule has 0 bridgehead atoms. The molecule has 0 amide bonds. The van der Waals surface area contributed by atoms with Gasteiger partial charge in [0, 0.05) is 18.3 Å². The SMILES string of the molecule is Cc1cc(OC2CCCN(S(=O)(=O)CCC(F)(F)F)C2)nc(C)n1. The van der Waals surface area contributed by atoms with E-state index in [0.29, 0.717) is 24.5 Å². The third-order valence-corrected chi connectivity index (χ3v) is 5.45. The Kier molecular flexibility index (Phi) is 5.69. The molecule has 10 heteroatoms. The van der Waals surface area contributed by atoms with Crippen molar-refractivity contribution in [2.75, 3.05) is 18.8 Å². The third-order valence-electron chi connectivity index (χ3n) is 3.61. The van der Waals surface area contributed by atoms with Crippen molar-refractivity contribution in [3.05, 3.63) is 17.6 Å². The largest absolute Gasteiger partial charge is 0.473 e. The van der Waals surface area contributed by atoms with E-state index in [2.05, 4.69) is 9.97 Å². The highest BCUT2D eigenvalue weighted by molar-refractivity contribution is 7.89. The Balaban J connectivity index is 2.00. The smallest absolute Gasteiger partial charge is 0.390 e. The standard InChI is InChI=1S/C14H20F3N3O3S/c1-10-8-13(19-11(2)18-10)23-12-4-3-6-20(9-12)24(21,22)7-5-14(15,16)17/h8,12H,3-7,9H2,1-2H3. The highest BCUT2D eigenvalue weighted by Crippen LogP contribution is 2.24. The lowest BCUT2D eigenvalue weighted by Gasteiger charge is -2.32. The predicted molar refractivity (Wildman–Crippen MR) is 81.2 cm³/mol. The second-order valence-corrected chi connectivity index (χ2v) is 7.90. The van der Waals surface area contributed by atoms with Gasteiger partial charge in [-0.15, -0.1) is 0 Å². The van der Waals surface area contributed by atoms with Gasteiger partial charge in [-0.2, -0.15) is 22.5 Å². The van der Waals surface area contributed by atoms with Gasteiger partial charge in [-0.05, 0) is 26.7 Å². The summed E-state index contributed by atoms with van der Waals surface area (Å²) in [6.07, 6.45) is -5.13. The summed E-state index contributed by atoms with van der Waals surface area (Å²) in [6.45, 7) is 3.75. The molecule has 1 saturated heterocycles. The van der Waals surface area contributed by atoms with Gasteiger partial charge in [0.1, 0.15) is 11.9 Å². The summed E-state index contributed by atoms with van der Waals surface area (Å²) in [7, 11) is -3.96. The second kappa shape index (κ2) is 7.22. The molecular weight excluding hydrogens is 347 g/mol. The number of ether oxygens (including phenoxy) is 1. The van der Waals surface area contributed by atoms with E-state index in [1.807, 2.05) is 0 Å². The zero-order valence-electron chi connectivity index (χ0n) is 13.5. The van der Waals surface area contributed by atoms with E-state index in [9.17, 15) is 21.6 Å². The van der Waals surface area contributed by atoms with E-state index in [1.54, 1.807) is 19.9 Å². The van der Waals surface area contributed by atoms with E-state index in [-0.39, 0.29) is 13.1 Å². The lowest BCUT2D eigenvalue weighted by Crippen LogP contribution is -2.45. The number of piperidine rings is 1. The Morgan fingerprint density at radius 2 is 2.04 bits per heavy atom. The number of rotatable bonds is 5. The van der Waals surface area contributed by atoms with Gasteiger partial charge in [-0.1, -0.05) is 0 Å². The fourth-order valence-corrected chi connectivity index (χ4v) is 4.09. The Hall–Kier alpha value is -1.42. The first-order valence-electron chi connectivity index (χ1n) is 7.59. The lowest BCUT2D eigenvalue weighted by molar-refractivity contribution is -0.130. The first kappa shape index (κ1) is 18.9. The van der Waals surface area contributed by atoms with Crippen LogP contribution in [0.25, 0.3) is 0 Å². The molecule has 2 rings (SSSR count). The number of halogens is 3. The monoisotopic (exact) mass is 367 g/mol. The van der Waals surface area contributed by atoms with E-state index < -0.39 is 34.5 Å². The van der Waals surface area contributed by atoms with Crippen LogP contribution < -0.4 is 4.74 Å². The van der Waals surface area contributed by atoms with E-state index in [1.165, 1.54) is 0 Å². The topological polar surface area (TPSA) is 72.4 Å². The number of aryl methyl sites for hydroxylation is 2. The van der Waals surface area contributed by atoms with Crippen LogP contribution in [0.3, 0.4) is 0 Å². The van der Waals surface area contributed by atoms with Crippen molar-refractivity contribution in [3.63, 3.8) is 0 Å². The predicted octanol–water partition coefficient (Wildman–Crippen LogP) is 2.22. The van der Waals surface area contributed by atoms with Crippen LogP contribution in [0.4, 0.5) is 13.2 Å². The molecule has 6 nitrogen and oxygen atoms in total. The molecule has 0 aromatic carbocycles. The molecule has 1 aliphatic rings. The van der Waals surface area contributed by atoms with Crippen LogP contribution in [-0.2, 0) is 10.0 Å². The van der Waals surface area contributed by atoms with Crippen LogP contribution in [0.1, 0.15) is 30.8 Å². The van der Waals surface area contributed by atoms with Gasteiger partial charge in [0.2, 0.25) is 15.9 Å². The molecule has 2 heterocycles. The molecule has 1 fully saturated rings. The lowest BCUT2D eigenvalue weighted by atomic mass is 10.1. The molecule has 1 aliphatic heterocycles. The van der Waals surface area contributed by atoms with Crippen molar-refractivity contribution < 1.29 is 26.3 Å².